The molecule has 0 spiro atoms. The first-order valence-corrected chi connectivity index (χ1v) is 10.6. The van der Waals surface area contributed by atoms with E-state index in [4.69, 9.17) is 10.5 Å². The van der Waals surface area contributed by atoms with Gasteiger partial charge in [-0.1, -0.05) is 18.2 Å². The zero-order valence-corrected chi connectivity index (χ0v) is 18.1. The minimum atomic E-state index is 0.165. The summed E-state index contributed by atoms with van der Waals surface area (Å²) >= 11 is 0. The molecule has 0 radical (unpaired) electrons. The van der Waals surface area contributed by atoms with Crippen molar-refractivity contribution >= 4 is 23.4 Å². The molecule has 0 saturated carbocycles. The minimum absolute atomic E-state index is 0.165. The molecule has 32 heavy (non-hydrogen) atoms. The van der Waals surface area contributed by atoms with Gasteiger partial charge in [0.2, 0.25) is 0 Å². The topological polar surface area (TPSA) is 114 Å². The molecule has 0 aliphatic carbocycles. The number of hydrogen-bond donors (Lipinski definition) is 2. The van der Waals surface area contributed by atoms with Crippen LogP contribution in [0.1, 0.15) is 12.2 Å². The smallest absolute Gasteiger partial charge is 0.169 e. The van der Waals surface area contributed by atoms with Crippen LogP contribution in [0.2, 0.25) is 0 Å². The standard InChI is InChI=1S/C23H27N7O2/c1-32-15-4-8-21-25-10-9-22(26-21)30-12-5-11-29(13-14-30)19-16-18(27-28-23(19)24)17-6-2-3-7-20(17)31/h2-4,6-10,16,31H,5,11-15H2,1H3,(H2,24,28). The summed E-state index contributed by atoms with van der Waals surface area (Å²) in [6.07, 6.45) is 6.47. The van der Waals surface area contributed by atoms with Crippen LogP contribution in [0.3, 0.4) is 0 Å². The number of aromatic nitrogens is 4. The number of phenolic OH excluding ortho intramolecular Hbond substituents is 1. The molecule has 1 aromatic carbocycles. The highest BCUT2D eigenvalue weighted by atomic mass is 16.5. The van der Waals surface area contributed by atoms with Gasteiger partial charge in [-0.05, 0) is 36.8 Å². The number of para-hydroxylation sites is 1. The fraction of sp³-hybridized carbons (Fsp3) is 0.304. The molecule has 4 rings (SSSR count). The summed E-state index contributed by atoms with van der Waals surface area (Å²) in [5.41, 5.74) is 8.23. The first-order chi connectivity index (χ1) is 15.7. The molecule has 1 fully saturated rings. The summed E-state index contributed by atoms with van der Waals surface area (Å²) in [4.78, 5) is 13.4. The Morgan fingerprint density at radius 3 is 2.75 bits per heavy atom. The van der Waals surface area contributed by atoms with Crippen LogP contribution < -0.4 is 15.5 Å². The van der Waals surface area contributed by atoms with E-state index >= 15 is 0 Å². The number of nitrogens with zero attached hydrogens (tertiary/aromatic N) is 6. The van der Waals surface area contributed by atoms with Gasteiger partial charge in [0, 0.05) is 45.0 Å². The second-order valence-electron chi connectivity index (χ2n) is 7.48. The number of rotatable bonds is 6. The summed E-state index contributed by atoms with van der Waals surface area (Å²) in [5, 5.41) is 18.5. The van der Waals surface area contributed by atoms with E-state index in [1.165, 1.54) is 0 Å². The molecule has 2 aromatic heterocycles. The van der Waals surface area contributed by atoms with E-state index < -0.39 is 0 Å². The fourth-order valence-corrected chi connectivity index (χ4v) is 3.72. The minimum Gasteiger partial charge on any atom is -0.507 e. The normalized spacial score (nSPS) is 14.7. The number of nitrogens with two attached hydrogens (primary N) is 1. The van der Waals surface area contributed by atoms with E-state index in [0.717, 1.165) is 44.1 Å². The van der Waals surface area contributed by atoms with Crippen molar-refractivity contribution in [2.75, 3.05) is 55.4 Å². The van der Waals surface area contributed by atoms with E-state index in [1.807, 2.05) is 36.4 Å². The molecular formula is C23H27N7O2. The van der Waals surface area contributed by atoms with Crippen molar-refractivity contribution in [2.45, 2.75) is 6.42 Å². The number of nitrogen functional groups attached to an aromatic ring is 1. The van der Waals surface area contributed by atoms with Crippen molar-refractivity contribution in [2.24, 2.45) is 0 Å². The maximum atomic E-state index is 10.2. The molecular weight excluding hydrogens is 406 g/mol. The second-order valence-corrected chi connectivity index (χ2v) is 7.48. The quantitative estimate of drug-likeness (QED) is 0.605. The molecule has 9 nitrogen and oxygen atoms in total. The number of aromatic hydroxyl groups is 1. The summed E-state index contributed by atoms with van der Waals surface area (Å²) in [6, 6.07) is 10.9. The van der Waals surface area contributed by atoms with Crippen LogP contribution in [0, 0.1) is 0 Å². The second kappa shape index (κ2) is 10.1. The molecule has 3 aromatic rings. The van der Waals surface area contributed by atoms with Gasteiger partial charge >= 0.3 is 0 Å². The van der Waals surface area contributed by atoms with Gasteiger partial charge in [0.05, 0.1) is 18.0 Å². The van der Waals surface area contributed by atoms with Crippen LogP contribution in [0.5, 0.6) is 5.75 Å². The van der Waals surface area contributed by atoms with Crippen LogP contribution in [0.4, 0.5) is 17.3 Å². The average Bonchev–Trinajstić information content (AvgIpc) is 3.07. The molecule has 1 aliphatic rings. The average molecular weight is 434 g/mol. The van der Waals surface area contributed by atoms with E-state index in [9.17, 15) is 5.11 Å². The largest absolute Gasteiger partial charge is 0.507 e. The Bertz CT molecular complexity index is 1090. The number of benzene rings is 1. The van der Waals surface area contributed by atoms with Crippen molar-refractivity contribution < 1.29 is 9.84 Å². The maximum absolute atomic E-state index is 10.2. The lowest BCUT2D eigenvalue weighted by molar-refractivity contribution is 0.234. The molecule has 0 atom stereocenters. The van der Waals surface area contributed by atoms with Gasteiger partial charge in [0.1, 0.15) is 11.6 Å². The SMILES string of the molecule is COCC=Cc1nccc(N2CCCN(c3cc(-c4ccccc4O)nnc3N)CC2)n1. The van der Waals surface area contributed by atoms with Crippen molar-refractivity contribution in [3.05, 3.63) is 54.5 Å². The Balaban J connectivity index is 1.51. The van der Waals surface area contributed by atoms with Crippen molar-refractivity contribution in [1.82, 2.24) is 20.2 Å². The maximum Gasteiger partial charge on any atom is 0.169 e. The number of methoxy groups -OCH3 is 1. The van der Waals surface area contributed by atoms with E-state index in [1.54, 1.807) is 25.4 Å². The van der Waals surface area contributed by atoms with Gasteiger partial charge in [-0.15, -0.1) is 10.2 Å². The Kier molecular flexibility index (Phi) is 6.76. The first kappa shape index (κ1) is 21.5. The monoisotopic (exact) mass is 433 g/mol. The number of hydrogen-bond acceptors (Lipinski definition) is 9. The highest BCUT2D eigenvalue weighted by Gasteiger charge is 2.20. The predicted octanol–water partition coefficient (Wildman–Crippen LogP) is 2.60. The summed E-state index contributed by atoms with van der Waals surface area (Å²) in [7, 11) is 1.65. The van der Waals surface area contributed by atoms with Crippen molar-refractivity contribution in [1.29, 1.82) is 0 Å². The van der Waals surface area contributed by atoms with Crippen LogP contribution in [-0.4, -0.2) is 65.2 Å². The molecule has 9 heteroatoms. The molecule has 1 aliphatic heterocycles. The zero-order chi connectivity index (χ0) is 22.3. The lowest BCUT2D eigenvalue weighted by atomic mass is 10.1. The molecule has 3 heterocycles. The highest BCUT2D eigenvalue weighted by molar-refractivity contribution is 5.74. The summed E-state index contributed by atoms with van der Waals surface area (Å²) in [6.45, 7) is 3.77. The molecule has 3 N–H and O–H groups in total. The Morgan fingerprint density at radius 2 is 1.91 bits per heavy atom. The molecule has 1 saturated heterocycles. The van der Waals surface area contributed by atoms with E-state index in [0.29, 0.717) is 29.5 Å². The van der Waals surface area contributed by atoms with Crippen molar-refractivity contribution in [3.8, 4) is 17.0 Å². The summed E-state index contributed by atoms with van der Waals surface area (Å²) in [5.74, 6) is 2.11. The van der Waals surface area contributed by atoms with Crippen LogP contribution in [0.25, 0.3) is 17.3 Å². The van der Waals surface area contributed by atoms with Gasteiger partial charge in [-0.25, -0.2) is 9.97 Å². The van der Waals surface area contributed by atoms with Gasteiger partial charge in [-0.3, -0.25) is 0 Å². The van der Waals surface area contributed by atoms with Crippen LogP contribution in [0.15, 0.2) is 48.7 Å². The van der Waals surface area contributed by atoms with E-state index in [-0.39, 0.29) is 5.75 Å². The molecule has 0 bridgehead atoms. The predicted molar refractivity (Wildman–Crippen MR) is 126 cm³/mol. The molecule has 166 valence electrons. The zero-order valence-electron chi connectivity index (χ0n) is 18.1. The van der Waals surface area contributed by atoms with E-state index in [2.05, 4.69) is 30.0 Å². The Morgan fingerprint density at radius 1 is 1.09 bits per heavy atom. The third-order valence-electron chi connectivity index (χ3n) is 5.33. The molecule has 0 unspecified atom stereocenters. The lowest BCUT2D eigenvalue weighted by Crippen LogP contribution is -2.31. The van der Waals surface area contributed by atoms with Gasteiger partial charge in [-0.2, -0.15) is 0 Å². The van der Waals surface area contributed by atoms with Gasteiger partial charge < -0.3 is 25.4 Å². The highest BCUT2D eigenvalue weighted by Crippen LogP contribution is 2.31. The van der Waals surface area contributed by atoms with Gasteiger partial charge in [0.25, 0.3) is 0 Å². The van der Waals surface area contributed by atoms with Crippen LogP contribution in [-0.2, 0) is 4.74 Å². The lowest BCUT2D eigenvalue weighted by Gasteiger charge is -2.25. The molecule has 0 amide bonds. The number of anilines is 3. The number of ether oxygens (including phenoxy) is 1. The Labute approximate surface area is 187 Å². The van der Waals surface area contributed by atoms with Crippen LogP contribution >= 0.6 is 0 Å². The third-order valence-corrected chi connectivity index (χ3v) is 5.33. The Hall–Kier alpha value is -3.72. The number of phenols is 1. The summed E-state index contributed by atoms with van der Waals surface area (Å²) < 4.78 is 5.04. The van der Waals surface area contributed by atoms with Crippen molar-refractivity contribution in [3.63, 3.8) is 0 Å². The first-order valence-electron chi connectivity index (χ1n) is 10.6. The van der Waals surface area contributed by atoms with Gasteiger partial charge in [0.15, 0.2) is 11.6 Å². The fourth-order valence-electron chi connectivity index (χ4n) is 3.72. The third kappa shape index (κ3) is 4.94.